The van der Waals surface area contributed by atoms with Crippen LogP contribution >= 0.6 is 11.3 Å². The van der Waals surface area contributed by atoms with Crippen molar-refractivity contribution in [1.82, 2.24) is 14.1 Å². The van der Waals surface area contributed by atoms with Crippen molar-refractivity contribution < 1.29 is 22.0 Å². The number of rotatable bonds is 4. The zero-order valence-electron chi connectivity index (χ0n) is 16.2. The second-order valence-electron chi connectivity index (χ2n) is 6.60. The number of aryl methyl sites for hydroxylation is 1. The van der Waals surface area contributed by atoms with Crippen LogP contribution in [-0.4, -0.2) is 41.2 Å². The van der Waals surface area contributed by atoms with E-state index < -0.39 is 27.8 Å². The lowest BCUT2D eigenvalue weighted by Gasteiger charge is -2.23. The molecule has 8 nitrogen and oxygen atoms in total. The first kappa shape index (κ1) is 20.9. The summed E-state index contributed by atoms with van der Waals surface area (Å²) in [6.07, 6.45) is 4.83. The van der Waals surface area contributed by atoms with Crippen LogP contribution in [0.2, 0.25) is 0 Å². The van der Waals surface area contributed by atoms with Crippen LogP contribution in [0, 0.1) is 11.6 Å². The van der Waals surface area contributed by atoms with E-state index >= 15 is 0 Å². The summed E-state index contributed by atoms with van der Waals surface area (Å²) >= 11 is 1.29. The summed E-state index contributed by atoms with van der Waals surface area (Å²) in [5, 5.41) is 6.48. The topological polar surface area (TPSA) is 96.7 Å². The first-order chi connectivity index (χ1) is 14.6. The van der Waals surface area contributed by atoms with E-state index in [1.807, 2.05) is 6.20 Å². The van der Waals surface area contributed by atoms with Crippen LogP contribution in [0.3, 0.4) is 0 Å². The molecule has 160 valence electrons. The zero-order valence-corrected chi connectivity index (χ0v) is 17.8. The molecule has 0 aliphatic carbocycles. The third kappa shape index (κ3) is 4.11. The summed E-state index contributed by atoms with van der Waals surface area (Å²) in [4.78, 5) is 14.1. The van der Waals surface area contributed by atoms with Crippen molar-refractivity contribution in [3.05, 3.63) is 71.0 Å². The zero-order chi connectivity index (χ0) is 22.3. The molecule has 0 saturated carbocycles. The minimum Gasteiger partial charge on any atom is -0.321 e. The highest BCUT2D eigenvalue weighted by Crippen LogP contribution is 2.30. The van der Waals surface area contributed by atoms with Crippen LogP contribution in [0.25, 0.3) is 10.4 Å². The number of hydrogen-bond donors (Lipinski definition) is 1. The molecule has 1 aliphatic rings. The lowest BCUT2D eigenvalue weighted by molar-refractivity contribution is -0.113. The monoisotopic (exact) mass is 463 g/mol. The fourth-order valence-electron chi connectivity index (χ4n) is 2.83. The van der Waals surface area contributed by atoms with Gasteiger partial charge in [0.25, 0.3) is 5.91 Å². The highest BCUT2D eigenvalue weighted by Gasteiger charge is 2.30. The van der Waals surface area contributed by atoms with Gasteiger partial charge < -0.3 is 5.32 Å². The molecule has 0 radical (unpaired) electrons. The Morgan fingerprint density at radius 2 is 1.84 bits per heavy atom. The quantitative estimate of drug-likeness (QED) is 0.644. The van der Waals surface area contributed by atoms with Crippen LogP contribution < -0.4 is 5.32 Å². The molecule has 3 aromatic rings. The van der Waals surface area contributed by atoms with Crippen molar-refractivity contribution in [3.63, 3.8) is 0 Å². The van der Waals surface area contributed by atoms with Crippen LogP contribution in [0.15, 0.2) is 58.9 Å². The van der Waals surface area contributed by atoms with Crippen LogP contribution in [0.1, 0.15) is 4.88 Å². The van der Waals surface area contributed by atoms with Crippen molar-refractivity contribution >= 4 is 38.9 Å². The van der Waals surface area contributed by atoms with Gasteiger partial charge in [0.2, 0.25) is 0 Å². The van der Waals surface area contributed by atoms with E-state index in [0.29, 0.717) is 4.88 Å². The Hall–Kier alpha value is -3.38. The van der Waals surface area contributed by atoms with Crippen LogP contribution in [-0.2, 0) is 22.1 Å². The molecule has 12 heteroatoms. The average Bonchev–Trinajstić information content (AvgIpc) is 3.35. The Balaban J connectivity index is 1.66. The Labute approximate surface area is 180 Å². The van der Waals surface area contributed by atoms with Crippen molar-refractivity contribution in [2.24, 2.45) is 11.4 Å². The lowest BCUT2D eigenvalue weighted by atomic mass is 10.2. The molecule has 0 spiro atoms. The Morgan fingerprint density at radius 3 is 2.52 bits per heavy atom. The van der Waals surface area contributed by atoms with Crippen molar-refractivity contribution in [2.75, 3.05) is 12.4 Å². The second-order valence-corrected chi connectivity index (χ2v) is 9.31. The minimum absolute atomic E-state index is 0.0188. The molecule has 1 N–H and O–H groups in total. The summed E-state index contributed by atoms with van der Waals surface area (Å²) in [5.41, 5.74) is 0.713. The molecular weight excluding hydrogens is 448 g/mol. The van der Waals surface area contributed by atoms with Gasteiger partial charge in [0.1, 0.15) is 5.70 Å². The molecule has 2 aromatic heterocycles. The molecule has 0 bridgehead atoms. The fraction of sp³-hybridized carbons (Fsp3) is 0.105. The third-order valence-corrected chi connectivity index (χ3v) is 6.90. The summed E-state index contributed by atoms with van der Waals surface area (Å²) in [5.74, 6) is -3.01. The molecule has 0 fully saturated rings. The number of likely N-dealkylation sites (N-methyl/N-ethyl adjacent to an activating group) is 1. The number of aromatic nitrogens is 2. The summed E-state index contributed by atoms with van der Waals surface area (Å²) in [6, 6.07) is 6.34. The average molecular weight is 463 g/mol. The lowest BCUT2D eigenvalue weighted by Crippen LogP contribution is -2.35. The number of anilines is 1. The van der Waals surface area contributed by atoms with Gasteiger partial charge in [-0.05, 0) is 30.3 Å². The van der Waals surface area contributed by atoms with Crippen LogP contribution in [0.5, 0.6) is 0 Å². The van der Waals surface area contributed by atoms with E-state index in [0.717, 1.165) is 26.9 Å². The highest BCUT2D eigenvalue weighted by molar-refractivity contribution is 7.88. The standard InChI is InChI=1S/C19H15F2N5O3S2/c1-25-10-11(9-22-25)17-5-6-18(30-17)15-8-16(26(2)31(28,29)24-15)19(27)23-12-3-4-13(20)14(21)7-12/h3-10H,1-2H3,(H,23,27). The number of amides is 1. The number of allylic oxidation sites excluding steroid dienone is 1. The SMILES string of the molecule is CN1C(C(=O)Nc2ccc(F)c(F)c2)=CC(c2ccc(-c3cnn(C)c3)s2)=NS1(=O)=O. The maximum atomic E-state index is 13.4. The number of hydrogen-bond acceptors (Lipinski definition) is 5. The van der Waals surface area contributed by atoms with Crippen LogP contribution in [0.4, 0.5) is 14.5 Å². The maximum Gasteiger partial charge on any atom is 0.345 e. The van der Waals surface area contributed by atoms with Gasteiger partial charge in [0.05, 0.1) is 16.8 Å². The van der Waals surface area contributed by atoms with Gasteiger partial charge in [-0.25, -0.2) is 13.1 Å². The van der Waals surface area contributed by atoms with Crippen molar-refractivity contribution in [2.45, 2.75) is 0 Å². The van der Waals surface area contributed by atoms with Gasteiger partial charge in [0.15, 0.2) is 11.6 Å². The molecule has 1 aliphatic heterocycles. The van der Waals surface area contributed by atoms with Crippen molar-refractivity contribution in [3.8, 4) is 10.4 Å². The largest absolute Gasteiger partial charge is 0.345 e. The minimum atomic E-state index is -4.16. The Kier molecular flexibility index (Phi) is 5.19. The van der Waals surface area contributed by atoms with E-state index in [1.54, 1.807) is 30.1 Å². The second kappa shape index (κ2) is 7.71. The molecule has 31 heavy (non-hydrogen) atoms. The molecule has 0 atom stereocenters. The number of halogens is 2. The first-order valence-electron chi connectivity index (χ1n) is 8.80. The molecule has 1 amide bonds. The van der Waals surface area contributed by atoms with E-state index in [2.05, 4.69) is 14.8 Å². The molecule has 0 unspecified atom stereocenters. The van der Waals surface area contributed by atoms with Gasteiger partial charge in [0, 0.05) is 42.5 Å². The first-order valence-corrected chi connectivity index (χ1v) is 11.0. The summed E-state index contributed by atoms with van der Waals surface area (Å²) in [7, 11) is -1.20. The van der Waals surface area contributed by atoms with Gasteiger partial charge in [-0.2, -0.15) is 13.5 Å². The predicted molar refractivity (Wildman–Crippen MR) is 113 cm³/mol. The predicted octanol–water partition coefficient (Wildman–Crippen LogP) is 2.93. The maximum absolute atomic E-state index is 13.4. The Bertz CT molecular complexity index is 1360. The third-order valence-electron chi connectivity index (χ3n) is 4.43. The summed E-state index contributed by atoms with van der Waals surface area (Å²) in [6.45, 7) is 0. The van der Waals surface area contributed by atoms with Gasteiger partial charge in [-0.3, -0.25) is 9.48 Å². The number of carbonyl (C=O) groups is 1. The molecular formula is C19H15F2N5O3S2. The fourth-order valence-corrected chi connectivity index (χ4v) is 4.73. The molecule has 3 heterocycles. The highest BCUT2D eigenvalue weighted by atomic mass is 32.2. The van der Waals surface area contributed by atoms with Gasteiger partial charge in [-0.15, -0.1) is 15.7 Å². The Morgan fingerprint density at radius 1 is 1.10 bits per heavy atom. The number of thiophene rings is 1. The van der Waals surface area contributed by atoms with E-state index in [9.17, 15) is 22.0 Å². The number of carbonyl (C=O) groups excluding carboxylic acids is 1. The number of benzene rings is 1. The van der Waals surface area contributed by atoms with E-state index in [-0.39, 0.29) is 17.1 Å². The summed E-state index contributed by atoms with van der Waals surface area (Å²) < 4.78 is 57.7. The van der Waals surface area contributed by atoms with Gasteiger partial charge in [-0.1, -0.05) is 0 Å². The number of nitrogens with zero attached hydrogens (tertiary/aromatic N) is 4. The smallest absolute Gasteiger partial charge is 0.321 e. The number of nitrogens with one attached hydrogen (secondary N) is 1. The molecule has 1 aromatic carbocycles. The molecule has 0 saturated heterocycles. The van der Waals surface area contributed by atoms with E-state index in [1.165, 1.54) is 30.5 Å². The van der Waals surface area contributed by atoms with Crippen molar-refractivity contribution in [1.29, 1.82) is 0 Å². The van der Waals surface area contributed by atoms with Gasteiger partial charge >= 0.3 is 10.2 Å². The molecule has 4 rings (SSSR count). The normalized spacial score (nSPS) is 15.4. The van der Waals surface area contributed by atoms with E-state index in [4.69, 9.17) is 0 Å².